The molecule has 104 valence electrons. The second kappa shape index (κ2) is 7.33. The lowest BCUT2D eigenvalue weighted by Gasteiger charge is -2.40. The number of hydrogen-bond donors (Lipinski definition) is 0. The third-order valence-corrected chi connectivity index (χ3v) is 4.84. The van der Waals surface area contributed by atoms with E-state index in [2.05, 4.69) is 24.8 Å². The zero-order chi connectivity index (χ0) is 12.8. The summed E-state index contributed by atoms with van der Waals surface area (Å²) in [6.07, 6.45) is 15.1. The molecule has 2 rings (SSSR count). The molecule has 0 aromatic rings. The zero-order valence-corrected chi connectivity index (χ0v) is 12.5. The minimum atomic E-state index is 0.886. The molecule has 0 heterocycles. The summed E-state index contributed by atoms with van der Waals surface area (Å²) in [4.78, 5) is 2.80. The molecule has 0 N–H and O–H groups in total. The van der Waals surface area contributed by atoms with Crippen LogP contribution in [0.4, 0.5) is 0 Å². The normalized spacial score (nSPS) is 28.1. The van der Waals surface area contributed by atoms with E-state index < -0.39 is 0 Å². The Balaban J connectivity index is 1.90. The molecule has 0 spiro atoms. The molecule has 2 unspecified atom stereocenters. The van der Waals surface area contributed by atoms with Crippen LogP contribution in [0, 0.1) is 5.92 Å². The van der Waals surface area contributed by atoms with Gasteiger partial charge in [-0.25, -0.2) is 0 Å². The van der Waals surface area contributed by atoms with Crippen molar-refractivity contribution in [2.75, 3.05) is 13.1 Å². The topological polar surface area (TPSA) is 3.24 Å². The molecule has 1 heteroatoms. The first-order valence-electron chi connectivity index (χ1n) is 8.28. The van der Waals surface area contributed by atoms with Gasteiger partial charge in [-0.05, 0) is 70.4 Å². The molecule has 0 amide bonds. The van der Waals surface area contributed by atoms with Crippen LogP contribution >= 0.6 is 0 Å². The summed E-state index contributed by atoms with van der Waals surface area (Å²) in [6.45, 7) is 7.29. The van der Waals surface area contributed by atoms with E-state index in [0.29, 0.717) is 0 Å². The molecule has 0 aliphatic heterocycles. The molecule has 1 saturated carbocycles. The summed E-state index contributed by atoms with van der Waals surface area (Å²) < 4.78 is 0. The Bertz CT molecular complexity index is 269. The van der Waals surface area contributed by atoms with Gasteiger partial charge in [-0.15, -0.1) is 0 Å². The van der Waals surface area contributed by atoms with Gasteiger partial charge in [0.2, 0.25) is 0 Å². The van der Waals surface area contributed by atoms with Gasteiger partial charge in [0.1, 0.15) is 0 Å². The highest BCUT2D eigenvalue weighted by molar-refractivity contribution is 5.13. The van der Waals surface area contributed by atoms with Crippen molar-refractivity contribution in [1.82, 2.24) is 4.90 Å². The minimum Gasteiger partial charge on any atom is -0.300 e. The lowest BCUT2D eigenvalue weighted by molar-refractivity contribution is 0.142. The van der Waals surface area contributed by atoms with E-state index >= 15 is 0 Å². The Morgan fingerprint density at radius 1 is 1.17 bits per heavy atom. The van der Waals surface area contributed by atoms with E-state index in [1.807, 2.05) is 5.57 Å². The average molecular weight is 249 g/mol. The smallest absolute Gasteiger partial charge is 0.0104 e. The molecular weight excluding hydrogens is 218 g/mol. The zero-order valence-electron chi connectivity index (χ0n) is 12.5. The maximum Gasteiger partial charge on any atom is 0.0104 e. The Morgan fingerprint density at radius 3 is 2.83 bits per heavy atom. The Hall–Kier alpha value is -0.300. The van der Waals surface area contributed by atoms with Crippen LogP contribution in [0.2, 0.25) is 0 Å². The molecular formula is C17H31N. The third kappa shape index (κ3) is 3.60. The molecule has 2 atom stereocenters. The van der Waals surface area contributed by atoms with Gasteiger partial charge in [-0.3, -0.25) is 0 Å². The quantitative estimate of drug-likeness (QED) is 0.612. The Kier molecular flexibility index (Phi) is 5.75. The van der Waals surface area contributed by atoms with Crippen LogP contribution in [-0.2, 0) is 0 Å². The number of unbranched alkanes of at least 4 members (excludes halogenated alkanes) is 1. The molecule has 0 saturated heterocycles. The van der Waals surface area contributed by atoms with Crippen LogP contribution in [0.1, 0.15) is 71.6 Å². The molecule has 2 aliphatic rings. The van der Waals surface area contributed by atoms with Crippen molar-refractivity contribution in [3.63, 3.8) is 0 Å². The largest absolute Gasteiger partial charge is 0.300 e. The minimum absolute atomic E-state index is 0.886. The standard InChI is InChI=1S/C17H31N/c1-3-5-13-18(12-4-2)17-11-10-15-8-6-7-9-16(15)14-17/h8,16-17H,3-7,9-14H2,1-2H3. The predicted octanol–water partition coefficient (Wildman–Crippen LogP) is 4.78. The summed E-state index contributed by atoms with van der Waals surface area (Å²) in [6, 6.07) is 0.886. The van der Waals surface area contributed by atoms with Gasteiger partial charge in [-0.1, -0.05) is 31.9 Å². The summed E-state index contributed by atoms with van der Waals surface area (Å²) >= 11 is 0. The van der Waals surface area contributed by atoms with E-state index in [4.69, 9.17) is 0 Å². The lowest BCUT2D eigenvalue weighted by atomic mass is 9.75. The SMILES string of the molecule is CCCCN(CCC)C1CCC2=CCCCC2C1. The monoisotopic (exact) mass is 249 g/mol. The van der Waals surface area contributed by atoms with Gasteiger partial charge in [0, 0.05) is 6.04 Å². The molecule has 2 aliphatic carbocycles. The number of nitrogens with zero attached hydrogens (tertiary/aromatic N) is 1. The Morgan fingerprint density at radius 2 is 2.06 bits per heavy atom. The van der Waals surface area contributed by atoms with Gasteiger partial charge in [0.05, 0.1) is 0 Å². The Labute approximate surface area is 114 Å². The fourth-order valence-electron chi connectivity index (χ4n) is 3.82. The van der Waals surface area contributed by atoms with Crippen molar-refractivity contribution in [2.45, 2.75) is 77.7 Å². The fourth-order valence-corrected chi connectivity index (χ4v) is 3.82. The number of rotatable bonds is 6. The van der Waals surface area contributed by atoms with Crippen LogP contribution in [0.25, 0.3) is 0 Å². The second-order valence-electron chi connectivity index (χ2n) is 6.22. The summed E-state index contributed by atoms with van der Waals surface area (Å²) in [5.74, 6) is 0.943. The van der Waals surface area contributed by atoms with Crippen LogP contribution in [0.5, 0.6) is 0 Å². The van der Waals surface area contributed by atoms with Gasteiger partial charge < -0.3 is 4.90 Å². The highest BCUT2D eigenvalue weighted by Crippen LogP contribution is 2.38. The summed E-state index contributed by atoms with van der Waals surface area (Å²) in [5.41, 5.74) is 1.81. The summed E-state index contributed by atoms with van der Waals surface area (Å²) in [5, 5.41) is 0. The van der Waals surface area contributed by atoms with Gasteiger partial charge in [0.15, 0.2) is 0 Å². The van der Waals surface area contributed by atoms with Crippen LogP contribution in [0.15, 0.2) is 11.6 Å². The highest BCUT2D eigenvalue weighted by Gasteiger charge is 2.29. The fraction of sp³-hybridized carbons (Fsp3) is 0.882. The van der Waals surface area contributed by atoms with Crippen molar-refractivity contribution in [3.8, 4) is 0 Å². The van der Waals surface area contributed by atoms with E-state index in [1.54, 1.807) is 0 Å². The predicted molar refractivity (Wildman–Crippen MR) is 79.8 cm³/mol. The molecule has 1 nitrogen and oxygen atoms in total. The maximum atomic E-state index is 2.80. The van der Waals surface area contributed by atoms with Crippen molar-refractivity contribution in [1.29, 1.82) is 0 Å². The van der Waals surface area contributed by atoms with E-state index in [1.165, 1.54) is 70.9 Å². The number of fused-ring (bicyclic) bond motifs is 1. The van der Waals surface area contributed by atoms with E-state index in [9.17, 15) is 0 Å². The number of hydrogen-bond acceptors (Lipinski definition) is 1. The molecule has 18 heavy (non-hydrogen) atoms. The van der Waals surface area contributed by atoms with Gasteiger partial charge in [-0.2, -0.15) is 0 Å². The first-order valence-corrected chi connectivity index (χ1v) is 8.28. The van der Waals surface area contributed by atoms with Crippen molar-refractivity contribution in [3.05, 3.63) is 11.6 Å². The van der Waals surface area contributed by atoms with E-state index in [0.717, 1.165) is 12.0 Å². The second-order valence-corrected chi connectivity index (χ2v) is 6.22. The van der Waals surface area contributed by atoms with Crippen molar-refractivity contribution < 1.29 is 0 Å². The van der Waals surface area contributed by atoms with Crippen LogP contribution in [0.3, 0.4) is 0 Å². The first-order chi connectivity index (χ1) is 8.85. The highest BCUT2D eigenvalue weighted by atomic mass is 15.1. The van der Waals surface area contributed by atoms with E-state index in [-0.39, 0.29) is 0 Å². The lowest BCUT2D eigenvalue weighted by Crippen LogP contribution is -2.40. The average Bonchev–Trinajstić information content (AvgIpc) is 2.43. The summed E-state index contributed by atoms with van der Waals surface area (Å²) in [7, 11) is 0. The molecule has 0 bridgehead atoms. The molecule has 0 aromatic heterocycles. The molecule has 0 aromatic carbocycles. The van der Waals surface area contributed by atoms with Crippen molar-refractivity contribution in [2.24, 2.45) is 5.92 Å². The van der Waals surface area contributed by atoms with Gasteiger partial charge >= 0.3 is 0 Å². The van der Waals surface area contributed by atoms with Crippen molar-refractivity contribution >= 4 is 0 Å². The maximum absolute atomic E-state index is 2.80. The van der Waals surface area contributed by atoms with Gasteiger partial charge in [0.25, 0.3) is 0 Å². The van der Waals surface area contributed by atoms with Crippen LogP contribution < -0.4 is 0 Å². The first kappa shape index (κ1) is 14.1. The number of allylic oxidation sites excluding steroid dienone is 2. The third-order valence-electron chi connectivity index (χ3n) is 4.84. The van der Waals surface area contributed by atoms with Crippen LogP contribution in [-0.4, -0.2) is 24.0 Å². The molecule has 0 radical (unpaired) electrons. The molecule has 1 fully saturated rings.